The summed E-state index contributed by atoms with van der Waals surface area (Å²) in [5.41, 5.74) is 4.96. The molecular weight excluding hydrogens is 436 g/mol. The number of benzene rings is 3. The number of aryl methyl sites for hydroxylation is 3. The molecule has 176 valence electrons. The van der Waals surface area contributed by atoms with Crippen LogP contribution in [0, 0.1) is 20.8 Å². The normalized spacial score (nSPS) is 17.0. The molecule has 5 heteroatoms. The Morgan fingerprint density at radius 2 is 1.46 bits per heavy atom. The lowest BCUT2D eigenvalue weighted by Gasteiger charge is -2.23. The quantitative estimate of drug-likeness (QED) is 0.388. The van der Waals surface area contributed by atoms with Gasteiger partial charge >= 0.3 is 0 Å². The van der Waals surface area contributed by atoms with E-state index in [9.17, 15) is 14.7 Å². The van der Waals surface area contributed by atoms with Crippen LogP contribution in [0.2, 0.25) is 0 Å². The molecule has 0 radical (unpaired) electrons. The first-order chi connectivity index (χ1) is 16.8. The molecule has 1 aliphatic rings. The average Bonchev–Trinajstić information content (AvgIpc) is 3.30. The van der Waals surface area contributed by atoms with Crippen molar-refractivity contribution < 1.29 is 14.7 Å². The van der Waals surface area contributed by atoms with E-state index >= 15 is 0 Å². The van der Waals surface area contributed by atoms with E-state index in [4.69, 9.17) is 0 Å². The Morgan fingerprint density at radius 1 is 0.829 bits per heavy atom. The van der Waals surface area contributed by atoms with Crippen LogP contribution in [0.1, 0.15) is 44.9 Å². The maximum Gasteiger partial charge on any atom is 0.264 e. The zero-order valence-electron chi connectivity index (χ0n) is 20.2. The molecule has 1 atom stereocenters. The van der Waals surface area contributed by atoms with E-state index in [1.807, 2.05) is 69.3 Å². The predicted octanol–water partition coefficient (Wildman–Crippen LogP) is 5.41. The highest BCUT2D eigenvalue weighted by Gasteiger charge is 2.50. The van der Waals surface area contributed by atoms with Gasteiger partial charge in [0, 0.05) is 28.2 Å². The summed E-state index contributed by atoms with van der Waals surface area (Å²) < 4.78 is 2.11. The SMILES string of the molecule is Cc1ccc(CN2C(=O)C(O)(CC(=O)c3ccc(-n4c(C)ccc4C)cc3)c3ccccc32)cc1. The minimum atomic E-state index is -1.90. The van der Waals surface area contributed by atoms with Gasteiger partial charge in [0.1, 0.15) is 0 Å². The molecule has 1 unspecified atom stereocenters. The van der Waals surface area contributed by atoms with Gasteiger partial charge in [0.05, 0.1) is 18.7 Å². The third-order valence-electron chi connectivity index (χ3n) is 6.84. The van der Waals surface area contributed by atoms with Gasteiger partial charge in [-0.15, -0.1) is 0 Å². The highest BCUT2D eigenvalue weighted by Crippen LogP contribution is 2.43. The number of hydrogen-bond acceptors (Lipinski definition) is 3. The van der Waals surface area contributed by atoms with Crippen LogP contribution in [0.25, 0.3) is 5.69 Å². The number of nitrogens with zero attached hydrogens (tertiary/aromatic N) is 2. The number of fused-ring (bicyclic) bond motifs is 1. The van der Waals surface area contributed by atoms with E-state index in [1.165, 1.54) is 0 Å². The molecule has 0 saturated heterocycles. The summed E-state index contributed by atoms with van der Waals surface area (Å²) in [4.78, 5) is 28.4. The van der Waals surface area contributed by atoms with E-state index in [2.05, 4.69) is 16.7 Å². The Morgan fingerprint density at radius 3 is 2.11 bits per heavy atom. The van der Waals surface area contributed by atoms with Crippen molar-refractivity contribution in [3.63, 3.8) is 0 Å². The second-order valence-electron chi connectivity index (χ2n) is 9.35. The molecule has 5 nitrogen and oxygen atoms in total. The van der Waals surface area contributed by atoms with Gasteiger partial charge in [-0.05, 0) is 68.8 Å². The van der Waals surface area contributed by atoms with Gasteiger partial charge in [0.15, 0.2) is 11.4 Å². The van der Waals surface area contributed by atoms with Crippen LogP contribution in [-0.2, 0) is 16.9 Å². The van der Waals surface area contributed by atoms with Gasteiger partial charge in [0.25, 0.3) is 5.91 Å². The molecule has 3 aromatic carbocycles. The van der Waals surface area contributed by atoms with E-state index in [0.717, 1.165) is 28.2 Å². The molecular formula is C30H28N2O3. The van der Waals surface area contributed by atoms with Gasteiger partial charge in [0.2, 0.25) is 0 Å². The highest BCUT2D eigenvalue weighted by atomic mass is 16.3. The second-order valence-corrected chi connectivity index (χ2v) is 9.35. The summed E-state index contributed by atoms with van der Waals surface area (Å²) >= 11 is 0. The van der Waals surface area contributed by atoms with Crippen LogP contribution >= 0.6 is 0 Å². The molecule has 4 aromatic rings. The van der Waals surface area contributed by atoms with E-state index in [-0.39, 0.29) is 12.2 Å². The first-order valence-corrected chi connectivity index (χ1v) is 11.8. The lowest BCUT2D eigenvalue weighted by molar-refractivity contribution is -0.136. The summed E-state index contributed by atoms with van der Waals surface area (Å²) in [7, 11) is 0. The number of rotatable bonds is 6. The van der Waals surface area contributed by atoms with Gasteiger partial charge in [-0.3, -0.25) is 9.59 Å². The van der Waals surface area contributed by atoms with Crippen LogP contribution in [0.4, 0.5) is 5.69 Å². The fourth-order valence-corrected chi connectivity index (χ4v) is 4.92. The van der Waals surface area contributed by atoms with Crippen LogP contribution < -0.4 is 4.90 Å². The molecule has 0 fully saturated rings. The van der Waals surface area contributed by atoms with Crippen molar-refractivity contribution >= 4 is 17.4 Å². The number of carbonyl (C=O) groups excluding carboxylic acids is 2. The summed E-state index contributed by atoms with van der Waals surface area (Å²) in [6, 6.07) is 26.5. The summed E-state index contributed by atoms with van der Waals surface area (Å²) in [6.07, 6.45) is -0.311. The van der Waals surface area contributed by atoms with Gasteiger partial charge in [-0.25, -0.2) is 0 Å². The van der Waals surface area contributed by atoms with Crippen molar-refractivity contribution in [2.75, 3.05) is 4.90 Å². The Hall–Kier alpha value is -3.96. The molecule has 2 heterocycles. The van der Waals surface area contributed by atoms with Crippen LogP contribution in [0.15, 0.2) is 84.9 Å². The van der Waals surface area contributed by atoms with Crippen LogP contribution in [-0.4, -0.2) is 21.4 Å². The zero-order chi connectivity index (χ0) is 24.7. The number of aromatic nitrogens is 1. The minimum absolute atomic E-state index is 0.277. The monoisotopic (exact) mass is 464 g/mol. The fourth-order valence-electron chi connectivity index (χ4n) is 4.92. The Balaban J connectivity index is 1.41. The Kier molecular flexibility index (Phi) is 5.65. The van der Waals surface area contributed by atoms with Gasteiger partial charge in [-0.1, -0.05) is 48.0 Å². The standard InChI is InChI=1S/C30H28N2O3/c1-20-8-12-23(13-9-20)19-31-27-7-5-4-6-26(27)30(35,29(31)34)18-28(33)24-14-16-25(17-15-24)32-21(2)10-11-22(32)3/h4-17,35H,18-19H2,1-3H3. The van der Waals surface area contributed by atoms with Crippen molar-refractivity contribution in [3.8, 4) is 5.69 Å². The van der Waals surface area contributed by atoms with Crippen LogP contribution in [0.5, 0.6) is 0 Å². The number of carbonyl (C=O) groups is 2. The zero-order valence-corrected chi connectivity index (χ0v) is 20.2. The number of anilines is 1. The van der Waals surface area contributed by atoms with Crippen LogP contribution in [0.3, 0.4) is 0 Å². The van der Waals surface area contributed by atoms with Crippen molar-refractivity contribution in [1.82, 2.24) is 4.57 Å². The number of aliphatic hydroxyl groups is 1. The van der Waals surface area contributed by atoms with E-state index < -0.39 is 11.5 Å². The maximum atomic E-state index is 13.5. The number of hydrogen-bond donors (Lipinski definition) is 1. The molecule has 1 aliphatic heterocycles. The lowest BCUT2D eigenvalue weighted by atomic mass is 9.88. The largest absolute Gasteiger partial charge is 0.375 e. The second kappa shape index (κ2) is 8.67. The lowest BCUT2D eigenvalue weighted by Crippen LogP contribution is -2.41. The molecule has 1 amide bonds. The first-order valence-electron chi connectivity index (χ1n) is 11.8. The predicted molar refractivity (Wildman–Crippen MR) is 137 cm³/mol. The topological polar surface area (TPSA) is 62.5 Å². The average molecular weight is 465 g/mol. The molecule has 0 aliphatic carbocycles. The molecule has 0 bridgehead atoms. The number of amides is 1. The number of Topliss-reactive ketones (excluding diaryl/α,β-unsaturated/α-hetero) is 1. The number of ketones is 1. The molecule has 1 N–H and O–H groups in total. The van der Waals surface area contributed by atoms with Crippen molar-refractivity contribution in [2.24, 2.45) is 0 Å². The maximum absolute atomic E-state index is 13.5. The summed E-state index contributed by atoms with van der Waals surface area (Å²) in [5, 5.41) is 11.6. The van der Waals surface area contributed by atoms with Crippen molar-refractivity contribution in [2.45, 2.75) is 39.3 Å². The van der Waals surface area contributed by atoms with Crippen molar-refractivity contribution in [3.05, 3.63) is 119 Å². The molecule has 35 heavy (non-hydrogen) atoms. The summed E-state index contributed by atoms with van der Waals surface area (Å²) in [6.45, 7) is 6.41. The minimum Gasteiger partial charge on any atom is -0.375 e. The number of para-hydroxylation sites is 1. The Bertz CT molecular complexity index is 1400. The van der Waals surface area contributed by atoms with E-state index in [0.29, 0.717) is 23.4 Å². The molecule has 1 aromatic heterocycles. The summed E-state index contributed by atoms with van der Waals surface area (Å²) in [5.74, 6) is -0.747. The third kappa shape index (κ3) is 3.98. The van der Waals surface area contributed by atoms with Crippen molar-refractivity contribution in [1.29, 1.82) is 0 Å². The third-order valence-corrected chi connectivity index (χ3v) is 6.84. The smallest absolute Gasteiger partial charge is 0.264 e. The molecule has 5 rings (SSSR count). The first kappa shape index (κ1) is 22.8. The molecule has 0 saturated carbocycles. The fraction of sp³-hybridized carbons (Fsp3) is 0.200. The van der Waals surface area contributed by atoms with E-state index in [1.54, 1.807) is 29.2 Å². The molecule has 0 spiro atoms. The van der Waals surface area contributed by atoms with Gasteiger partial charge < -0.3 is 14.6 Å². The Labute approximate surface area is 205 Å². The highest BCUT2D eigenvalue weighted by molar-refractivity contribution is 6.10. The van der Waals surface area contributed by atoms with Gasteiger partial charge in [-0.2, -0.15) is 0 Å².